The minimum absolute atomic E-state index is 0.484. The van der Waals surface area contributed by atoms with Crippen molar-refractivity contribution in [3.8, 4) is 12.1 Å². The first-order valence-corrected chi connectivity index (χ1v) is 6.72. The molecule has 0 aromatic heterocycles. The van der Waals surface area contributed by atoms with Crippen LogP contribution in [0.2, 0.25) is 0 Å². The molecular formula is C17H12N2. The van der Waals surface area contributed by atoms with Gasteiger partial charge in [0.2, 0.25) is 0 Å². The van der Waals surface area contributed by atoms with Gasteiger partial charge in [-0.25, -0.2) is 0 Å². The molecule has 0 heterocycles. The normalized spacial score (nSPS) is 23.1. The Morgan fingerprint density at radius 2 is 1.26 bits per heavy atom. The molecule has 2 nitrogen and oxygen atoms in total. The van der Waals surface area contributed by atoms with Crippen molar-refractivity contribution in [3.05, 3.63) is 46.5 Å². The van der Waals surface area contributed by atoms with Gasteiger partial charge in [-0.05, 0) is 65.1 Å². The number of nitrogens with zero attached hydrogens (tertiary/aromatic N) is 2. The van der Waals surface area contributed by atoms with E-state index in [1.807, 2.05) is 12.1 Å². The summed E-state index contributed by atoms with van der Waals surface area (Å²) in [6.07, 6.45) is 3.91. The molecule has 2 aliphatic carbocycles. The van der Waals surface area contributed by atoms with Gasteiger partial charge in [-0.15, -0.1) is 0 Å². The molecule has 1 saturated carbocycles. The summed E-state index contributed by atoms with van der Waals surface area (Å²) in [5.41, 5.74) is 3.94. The molecule has 19 heavy (non-hydrogen) atoms. The van der Waals surface area contributed by atoms with Crippen molar-refractivity contribution in [2.45, 2.75) is 31.1 Å². The van der Waals surface area contributed by atoms with E-state index >= 15 is 0 Å². The number of fused-ring (bicyclic) bond motifs is 6. The predicted molar refractivity (Wildman–Crippen MR) is 72.7 cm³/mol. The zero-order valence-corrected chi connectivity index (χ0v) is 10.5. The maximum absolute atomic E-state index is 9.11. The van der Waals surface area contributed by atoms with Gasteiger partial charge in [0, 0.05) is 0 Å². The highest BCUT2D eigenvalue weighted by atomic mass is 14.4. The van der Waals surface area contributed by atoms with Crippen LogP contribution in [-0.2, 0) is 0 Å². The summed E-state index contributed by atoms with van der Waals surface area (Å²) in [6.45, 7) is 0. The third-order valence-corrected chi connectivity index (χ3v) is 4.73. The van der Waals surface area contributed by atoms with Crippen LogP contribution in [0.15, 0.2) is 24.3 Å². The lowest BCUT2D eigenvalue weighted by Gasteiger charge is -2.16. The Morgan fingerprint density at radius 1 is 0.789 bits per heavy atom. The van der Waals surface area contributed by atoms with Crippen molar-refractivity contribution >= 4 is 10.8 Å². The van der Waals surface area contributed by atoms with Gasteiger partial charge >= 0.3 is 0 Å². The second-order valence-electron chi connectivity index (χ2n) is 5.66. The molecule has 0 N–H and O–H groups in total. The maximum Gasteiger partial charge on any atom is 0.101 e. The Kier molecular flexibility index (Phi) is 2.00. The molecular weight excluding hydrogens is 232 g/mol. The molecule has 0 aliphatic heterocycles. The second-order valence-corrected chi connectivity index (χ2v) is 5.66. The van der Waals surface area contributed by atoms with Crippen LogP contribution in [0.5, 0.6) is 0 Å². The van der Waals surface area contributed by atoms with Crippen LogP contribution in [0.25, 0.3) is 10.8 Å². The van der Waals surface area contributed by atoms with Crippen molar-refractivity contribution in [2.75, 3.05) is 0 Å². The van der Waals surface area contributed by atoms with Crippen molar-refractivity contribution < 1.29 is 0 Å². The van der Waals surface area contributed by atoms with Crippen LogP contribution in [-0.4, -0.2) is 0 Å². The molecule has 0 radical (unpaired) electrons. The fraction of sp³-hybridized carbons (Fsp3) is 0.294. The minimum Gasteiger partial charge on any atom is -0.192 e. The average molecular weight is 244 g/mol. The zero-order chi connectivity index (χ0) is 13.0. The molecule has 2 bridgehead atoms. The molecule has 0 amide bonds. The van der Waals surface area contributed by atoms with Gasteiger partial charge in [0.1, 0.15) is 12.1 Å². The topological polar surface area (TPSA) is 47.6 Å². The second kappa shape index (κ2) is 3.59. The third-order valence-electron chi connectivity index (χ3n) is 4.73. The molecule has 0 saturated heterocycles. The summed E-state index contributed by atoms with van der Waals surface area (Å²) < 4.78 is 0. The molecule has 2 aromatic carbocycles. The Labute approximate surface area is 111 Å². The summed E-state index contributed by atoms with van der Waals surface area (Å²) in [5.74, 6) is 1.45. The van der Waals surface area contributed by atoms with E-state index in [2.05, 4.69) is 24.3 Å². The molecule has 2 heteroatoms. The molecule has 2 atom stereocenters. The van der Waals surface area contributed by atoms with Crippen molar-refractivity contribution in [3.63, 3.8) is 0 Å². The standard InChI is InChI=1S/C17H12N2/c18-8-14-4-12-6-16-10-1-2-11(3-10)17(16)7-13(12)5-15(14)9-19/h4-7,10-11H,1-3H2/t10-,11+. The van der Waals surface area contributed by atoms with E-state index in [0.717, 1.165) is 22.6 Å². The summed E-state index contributed by atoms with van der Waals surface area (Å²) in [7, 11) is 0. The molecule has 2 aromatic rings. The van der Waals surface area contributed by atoms with Gasteiger partial charge in [0.15, 0.2) is 0 Å². The van der Waals surface area contributed by atoms with Crippen LogP contribution in [0, 0.1) is 22.7 Å². The highest BCUT2D eigenvalue weighted by Gasteiger charge is 2.36. The predicted octanol–water partition coefficient (Wildman–Crippen LogP) is 3.95. The lowest BCUT2D eigenvalue weighted by molar-refractivity contribution is 0.719. The molecule has 2 aliphatic rings. The summed E-state index contributed by atoms with van der Waals surface area (Å²) in [6, 6.07) is 12.5. The lowest BCUT2D eigenvalue weighted by Crippen LogP contribution is -1.98. The van der Waals surface area contributed by atoms with E-state index < -0.39 is 0 Å². The van der Waals surface area contributed by atoms with Gasteiger partial charge in [-0.3, -0.25) is 0 Å². The fourth-order valence-electron chi connectivity index (χ4n) is 3.82. The van der Waals surface area contributed by atoms with Crippen LogP contribution in [0.4, 0.5) is 0 Å². The zero-order valence-electron chi connectivity index (χ0n) is 10.5. The number of benzene rings is 2. The highest BCUT2D eigenvalue weighted by Crippen LogP contribution is 2.53. The molecule has 0 spiro atoms. The molecule has 4 rings (SSSR count). The summed E-state index contributed by atoms with van der Waals surface area (Å²) in [4.78, 5) is 0. The van der Waals surface area contributed by atoms with Crippen molar-refractivity contribution in [2.24, 2.45) is 0 Å². The highest BCUT2D eigenvalue weighted by molar-refractivity contribution is 5.88. The van der Waals surface area contributed by atoms with E-state index in [4.69, 9.17) is 10.5 Å². The molecule has 90 valence electrons. The van der Waals surface area contributed by atoms with Gasteiger partial charge in [0.05, 0.1) is 11.1 Å². The van der Waals surface area contributed by atoms with E-state index in [0.29, 0.717) is 11.1 Å². The van der Waals surface area contributed by atoms with Gasteiger partial charge in [-0.2, -0.15) is 10.5 Å². The van der Waals surface area contributed by atoms with E-state index in [-0.39, 0.29) is 0 Å². The van der Waals surface area contributed by atoms with Crippen molar-refractivity contribution in [1.82, 2.24) is 0 Å². The fourth-order valence-corrected chi connectivity index (χ4v) is 3.82. The van der Waals surface area contributed by atoms with Crippen molar-refractivity contribution in [1.29, 1.82) is 10.5 Å². The summed E-state index contributed by atoms with van der Waals surface area (Å²) in [5, 5.41) is 20.4. The Balaban J connectivity index is 2.02. The van der Waals surface area contributed by atoms with Crippen LogP contribution in [0.3, 0.4) is 0 Å². The van der Waals surface area contributed by atoms with Gasteiger partial charge < -0.3 is 0 Å². The smallest absolute Gasteiger partial charge is 0.101 e. The maximum atomic E-state index is 9.11. The quantitative estimate of drug-likeness (QED) is 0.704. The number of hydrogen-bond acceptors (Lipinski definition) is 2. The van der Waals surface area contributed by atoms with Crippen LogP contribution in [0.1, 0.15) is 53.4 Å². The SMILES string of the molecule is N#Cc1cc2cc3c(cc2cc1C#N)[C@H]1CC[C@@H]3C1. The Hall–Kier alpha value is -2.32. The van der Waals surface area contributed by atoms with E-state index in [1.54, 1.807) is 0 Å². The monoisotopic (exact) mass is 244 g/mol. The molecule has 1 fully saturated rings. The lowest BCUT2D eigenvalue weighted by atomic mass is 9.88. The first-order valence-electron chi connectivity index (χ1n) is 6.72. The van der Waals surface area contributed by atoms with E-state index in [1.165, 1.54) is 30.4 Å². The van der Waals surface area contributed by atoms with Gasteiger partial charge in [-0.1, -0.05) is 12.1 Å². The van der Waals surface area contributed by atoms with Gasteiger partial charge in [0.25, 0.3) is 0 Å². The van der Waals surface area contributed by atoms with Crippen LogP contribution >= 0.6 is 0 Å². The third kappa shape index (κ3) is 1.35. The first-order chi connectivity index (χ1) is 9.30. The first kappa shape index (κ1) is 10.6. The van der Waals surface area contributed by atoms with Crippen LogP contribution < -0.4 is 0 Å². The Morgan fingerprint density at radius 3 is 1.68 bits per heavy atom. The average Bonchev–Trinajstić information content (AvgIpc) is 3.05. The number of hydrogen-bond donors (Lipinski definition) is 0. The number of rotatable bonds is 0. The Bertz CT molecular complexity index is 723. The molecule has 0 unspecified atom stereocenters. The minimum atomic E-state index is 0.484. The number of nitriles is 2. The summed E-state index contributed by atoms with van der Waals surface area (Å²) >= 11 is 0. The largest absolute Gasteiger partial charge is 0.192 e. The van der Waals surface area contributed by atoms with E-state index in [9.17, 15) is 0 Å².